The smallest absolute Gasteiger partial charge is 0.277 e. The summed E-state index contributed by atoms with van der Waals surface area (Å²) in [5.74, 6) is -1.42. The average molecular weight is 303 g/mol. The minimum atomic E-state index is -1.15. The zero-order valence-corrected chi connectivity index (χ0v) is 11.8. The number of hydrogen-bond acceptors (Lipinski definition) is 6. The van der Waals surface area contributed by atoms with Crippen LogP contribution in [0.15, 0.2) is 29.1 Å². The number of carboxylic acids is 1. The Kier molecular flexibility index (Phi) is 5.18. The van der Waals surface area contributed by atoms with Crippen molar-refractivity contribution < 1.29 is 14.7 Å². The van der Waals surface area contributed by atoms with Gasteiger partial charge in [-0.1, -0.05) is 17.3 Å². The van der Waals surface area contributed by atoms with Crippen LogP contribution in [0.25, 0.3) is 10.9 Å². The van der Waals surface area contributed by atoms with Crippen LogP contribution < -0.4 is 16.0 Å². The highest BCUT2D eigenvalue weighted by Crippen LogP contribution is 2.03. The Morgan fingerprint density at radius 2 is 2.00 bits per heavy atom. The van der Waals surface area contributed by atoms with Gasteiger partial charge < -0.3 is 15.2 Å². The number of nitrogens with one attached hydrogen (secondary N) is 1. The van der Waals surface area contributed by atoms with E-state index in [-0.39, 0.29) is 37.4 Å². The fourth-order valence-electron chi connectivity index (χ4n) is 1.93. The summed E-state index contributed by atoms with van der Waals surface area (Å²) in [7, 11) is 0. The molecule has 0 aliphatic carbocycles. The zero-order valence-electron chi connectivity index (χ0n) is 11.8. The molecule has 1 aromatic heterocycles. The van der Waals surface area contributed by atoms with Crippen LogP contribution in [0, 0.1) is 0 Å². The molecule has 116 valence electrons. The molecule has 1 N–H and O–H groups in total. The van der Waals surface area contributed by atoms with Crippen molar-refractivity contribution in [3.8, 4) is 0 Å². The van der Waals surface area contributed by atoms with Crippen molar-refractivity contribution in [3.05, 3.63) is 34.6 Å². The maximum atomic E-state index is 12.1. The highest BCUT2D eigenvalue weighted by molar-refractivity contribution is 5.77. The highest BCUT2D eigenvalue weighted by atomic mass is 16.4. The van der Waals surface area contributed by atoms with Crippen molar-refractivity contribution in [2.24, 2.45) is 0 Å². The van der Waals surface area contributed by atoms with E-state index in [1.807, 2.05) is 0 Å². The summed E-state index contributed by atoms with van der Waals surface area (Å²) in [6, 6.07) is 6.85. The molecule has 0 aliphatic rings. The van der Waals surface area contributed by atoms with Gasteiger partial charge in [0.1, 0.15) is 5.52 Å². The van der Waals surface area contributed by atoms with E-state index in [4.69, 9.17) is 0 Å². The molecular weight excluding hydrogens is 288 g/mol. The molecule has 8 heteroatoms. The predicted molar refractivity (Wildman–Crippen MR) is 75.7 cm³/mol. The van der Waals surface area contributed by atoms with Crippen LogP contribution in [-0.2, 0) is 16.1 Å². The van der Waals surface area contributed by atoms with Gasteiger partial charge in [0, 0.05) is 18.9 Å². The average Bonchev–Trinajstić information content (AvgIpc) is 2.51. The number of nitrogens with zero attached hydrogens (tertiary/aromatic N) is 3. The van der Waals surface area contributed by atoms with Crippen LogP contribution in [0.1, 0.15) is 19.3 Å². The Morgan fingerprint density at radius 3 is 2.77 bits per heavy atom. The lowest BCUT2D eigenvalue weighted by Gasteiger charge is -2.07. The number of fused-ring (bicyclic) bond motifs is 1. The summed E-state index contributed by atoms with van der Waals surface area (Å²) < 4.78 is 1.14. The lowest BCUT2D eigenvalue weighted by Crippen LogP contribution is -2.30. The van der Waals surface area contributed by atoms with Crippen LogP contribution in [0.2, 0.25) is 0 Å². The van der Waals surface area contributed by atoms with Crippen LogP contribution in [-0.4, -0.2) is 33.4 Å². The van der Waals surface area contributed by atoms with Crippen LogP contribution in [0.5, 0.6) is 0 Å². The third-order valence-corrected chi connectivity index (χ3v) is 3.06. The molecule has 0 saturated heterocycles. The van der Waals surface area contributed by atoms with Crippen molar-refractivity contribution in [2.75, 3.05) is 6.54 Å². The number of carbonyl (C=O) groups is 2. The minimum Gasteiger partial charge on any atom is -0.550 e. The molecule has 1 amide bonds. The molecule has 0 atom stereocenters. The molecule has 0 fully saturated rings. The van der Waals surface area contributed by atoms with E-state index in [1.165, 1.54) is 0 Å². The fraction of sp³-hybridized carbons (Fsp3) is 0.357. The molecule has 0 radical (unpaired) electrons. The molecule has 0 unspecified atom stereocenters. The van der Waals surface area contributed by atoms with Gasteiger partial charge in [0.2, 0.25) is 5.91 Å². The van der Waals surface area contributed by atoms with E-state index < -0.39 is 5.97 Å². The van der Waals surface area contributed by atoms with Gasteiger partial charge in [-0.15, -0.1) is 5.10 Å². The predicted octanol–water partition coefficient (Wildman–Crippen LogP) is -1.17. The van der Waals surface area contributed by atoms with E-state index in [1.54, 1.807) is 24.3 Å². The molecule has 2 rings (SSSR count). The number of aromatic nitrogens is 3. The number of aryl methyl sites for hydroxylation is 1. The molecule has 22 heavy (non-hydrogen) atoms. The van der Waals surface area contributed by atoms with Gasteiger partial charge in [0.05, 0.1) is 11.9 Å². The van der Waals surface area contributed by atoms with Crippen LogP contribution >= 0.6 is 0 Å². The first-order valence-corrected chi connectivity index (χ1v) is 6.87. The summed E-state index contributed by atoms with van der Waals surface area (Å²) in [6.07, 6.45) is 0.276. The monoisotopic (exact) mass is 303 g/mol. The summed E-state index contributed by atoms with van der Waals surface area (Å²) in [5.41, 5.74) is 0.214. The zero-order chi connectivity index (χ0) is 15.9. The van der Waals surface area contributed by atoms with Crippen molar-refractivity contribution in [3.63, 3.8) is 0 Å². The second kappa shape index (κ2) is 7.30. The molecule has 1 heterocycles. The van der Waals surface area contributed by atoms with Gasteiger partial charge in [-0.3, -0.25) is 9.59 Å². The number of rotatable bonds is 7. The van der Waals surface area contributed by atoms with Gasteiger partial charge >= 0.3 is 0 Å². The quantitative estimate of drug-likeness (QED) is 0.644. The number of hydrogen-bond donors (Lipinski definition) is 1. The van der Waals surface area contributed by atoms with Gasteiger partial charge in [-0.2, -0.15) is 0 Å². The molecule has 0 bridgehead atoms. The molecule has 0 saturated carbocycles. The van der Waals surface area contributed by atoms with E-state index in [2.05, 4.69) is 15.6 Å². The Hall–Kier alpha value is -2.77. The minimum absolute atomic E-state index is 0.0677. The summed E-state index contributed by atoms with van der Waals surface area (Å²) >= 11 is 0. The molecular formula is C14H15N4O4-. The van der Waals surface area contributed by atoms with Crippen molar-refractivity contribution >= 4 is 22.8 Å². The maximum Gasteiger partial charge on any atom is 0.277 e. The second-order valence-corrected chi connectivity index (χ2v) is 4.71. The first kappa shape index (κ1) is 15.6. The Morgan fingerprint density at radius 1 is 1.23 bits per heavy atom. The lowest BCUT2D eigenvalue weighted by atomic mass is 10.2. The van der Waals surface area contributed by atoms with E-state index in [0.29, 0.717) is 17.3 Å². The number of carbonyl (C=O) groups excluding carboxylic acids is 2. The second-order valence-electron chi connectivity index (χ2n) is 4.71. The Balaban J connectivity index is 1.89. The summed E-state index contributed by atoms with van der Waals surface area (Å²) in [6.45, 7) is 0.369. The molecule has 0 aliphatic heterocycles. The van der Waals surface area contributed by atoms with Gasteiger partial charge in [0.15, 0.2) is 0 Å². The third-order valence-electron chi connectivity index (χ3n) is 3.06. The molecule has 1 aromatic carbocycles. The van der Waals surface area contributed by atoms with Gasteiger partial charge in [0.25, 0.3) is 5.56 Å². The normalized spacial score (nSPS) is 10.5. The Bertz CT molecular complexity index is 741. The third kappa shape index (κ3) is 4.11. The maximum absolute atomic E-state index is 12.1. The number of carboxylic acid groups (broad SMARTS) is 1. The molecule has 8 nitrogen and oxygen atoms in total. The number of benzene rings is 1. The summed E-state index contributed by atoms with van der Waals surface area (Å²) in [5, 5.41) is 21.0. The van der Waals surface area contributed by atoms with Crippen molar-refractivity contribution in [1.29, 1.82) is 0 Å². The molecule has 2 aromatic rings. The van der Waals surface area contributed by atoms with Crippen LogP contribution in [0.3, 0.4) is 0 Å². The topological polar surface area (TPSA) is 117 Å². The van der Waals surface area contributed by atoms with Crippen molar-refractivity contribution in [1.82, 2.24) is 20.3 Å². The highest BCUT2D eigenvalue weighted by Gasteiger charge is 2.07. The lowest BCUT2D eigenvalue weighted by molar-refractivity contribution is -0.305. The number of aliphatic carboxylic acids is 1. The SMILES string of the molecule is O=C([O-])CCCNC(=O)CCn1nnc2ccccc2c1=O. The van der Waals surface area contributed by atoms with Crippen molar-refractivity contribution in [2.45, 2.75) is 25.8 Å². The van der Waals surface area contributed by atoms with E-state index >= 15 is 0 Å². The first-order chi connectivity index (χ1) is 10.6. The van der Waals surface area contributed by atoms with Gasteiger partial charge in [-0.25, -0.2) is 4.68 Å². The van der Waals surface area contributed by atoms with E-state index in [0.717, 1.165) is 4.68 Å². The molecule has 0 spiro atoms. The van der Waals surface area contributed by atoms with E-state index in [9.17, 15) is 19.5 Å². The standard InChI is InChI=1S/C14H16N4O4/c19-12(15-8-3-6-13(20)21)7-9-18-14(22)10-4-1-2-5-11(10)16-17-18/h1-2,4-5H,3,6-9H2,(H,15,19)(H,20,21)/p-1. The first-order valence-electron chi connectivity index (χ1n) is 6.87. The van der Waals surface area contributed by atoms with Crippen LogP contribution in [0.4, 0.5) is 0 Å². The summed E-state index contributed by atoms with van der Waals surface area (Å²) in [4.78, 5) is 34.0. The number of amides is 1. The Labute approximate surface area is 125 Å². The fourth-order valence-corrected chi connectivity index (χ4v) is 1.93. The van der Waals surface area contributed by atoms with Gasteiger partial charge in [-0.05, 0) is 25.0 Å². The largest absolute Gasteiger partial charge is 0.550 e.